The second kappa shape index (κ2) is 8.97. The number of ether oxygens (including phenoxy) is 2. The molecule has 1 aliphatic heterocycles. The number of carbonyl (C=O) groups is 1. The Kier molecular flexibility index (Phi) is 6.42. The number of para-hydroxylation sites is 1. The topological polar surface area (TPSA) is 50.8 Å². The molecule has 3 rings (SSSR count). The van der Waals surface area contributed by atoms with Crippen LogP contribution in [0.1, 0.15) is 19.4 Å². The lowest BCUT2D eigenvalue weighted by Gasteiger charge is -2.37. The fourth-order valence-corrected chi connectivity index (χ4v) is 3.37. The summed E-state index contributed by atoms with van der Waals surface area (Å²) in [5.41, 5.74) is 1.72. The molecular weight excluding hydrogens is 360 g/mol. The van der Waals surface area contributed by atoms with Gasteiger partial charge in [-0.05, 0) is 50.2 Å². The first kappa shape index (κ1) is 19.3. The zero-order valence-corrected chi connectivity index (χ0v) is 16.4. The number of amides is 1. The van der Waals surface area contributed by atoms with Crippen LogP contribution in [-0.4, -0.2) is 47.7 Å². The van der Waals surface area contributed by atoms with Gasteiger partial charge < -0.3 is 19.7 Å². The van der Waals surface area contributed by atoms with Gasteiger partial charge in [-0.25, -0.2) is 0 Å². The Morgan fingerprint density at radius 3 is 2.37 bits per heavy atom. The maximum atomic E-state index is 12.0. The van der Waals surface area contributed by atoms with Crippen LogP contribution in [0.4, 0.5) is 5.69 Å². The number of nitrogens with zero attached hydrogens (tertiary/aromatic N) is 1. The monoisotopic (exact) mass is 384 g/mol. The van der Waals surface area contributed by atoms with Gasteiger partial charge in [0.2, 0.25) is 0 Å². The zero-order valence-electron chi connectivity index (χ0n) is 15.6. The van der Waals surface area contributed by atoms with Crippen molar-refractivity contribution in [1.82, 2.24) is 4.90 Å². The quantitative estimate of drug-likeness (QED) is 0.800. The van der Waals surface area contributed by atoms with Crippen LogP contribution in [0, 0.1) is 0 Å². The van der Waals surface area contributed by atoms with Crippen LogP contribution in [0.3, 0.4) is 0 Å². The molecule has 0 radical (unpaired) electrons. The van der Waals surface area contributed by atoms with E-state index in [2.05, 4.69) is 24.1 Å². The predicted octanol–water partition coefficient (Wildman–Crippen LogP) is 3.49. The number of hydrogen-bond donors (Lipinski definition) is 1. The van der Waals surface area contributed by atoms with E-state index in [1.807, 2.05) is 54.6 Å². The number of nitrogens with one attached hydrogen (secondary N) is 1. The molecule has 2 atom stereocenters. The fourth-order valence-electron chi connectivity index (χ4n) is 3.09. The van der Waals surface area contributed by atoms with E-state index in [0.717, 1.165) is 29.3 Å². The van der Waals surface area contributed by atoms with Crippen molar-refractivity contribution in [3.63, 3.8) is 0 Å². The largest absolute Gasteiger partial charge is 0.484 e. The molecule has 1 aliphatic rings. The molecule has 0 spiro atoms. The summed E-state index contributed by atoms with van der Waals surface area (Å²) in [7, 11) is 0. The first-order valence-corrected chi connectivity index (χ1v) is 9.44. The van der Waals surface area contributed by atoms with E-state index >= 15 is 0 Å². The van der Waals surface area contributed by atoms with Crippen LogP contribution >= 0.6 is 12.2 Å². The van der Waals surface area contributed by atoms with Gasteiger partial charge in [-0.1, -0.05) is 30.4 Å². The lowest BCUT2D eigenvalue weighted by Crippen LogP contribution is -2.47. The van der Waals surface area contributed by atoms with Gasteiger partial charge in [0.15, 0.2) is 6.61 Å². The first-order valence-electron chi connectivity index (χ1n) is 9.04. The van der Waals surface area contributed by atoms with Crippen molar-refractivity contribution >= 4 is 28.8 Å². The Morgan fingerprint density at radius 1 is 1.11 bits per heavy atom. The number of thiocarbonyl (C=S) groups is 1. The zero-order chi connectivity index (χ0) is 19.2. The maximum absolute atomic E-state index is 12.0. The van der Waals surface area contributed by atoms with Crippen molar-refractivity contribution in [2.45, 2.75) is 26.1 Å². The molecule has 142 valence electrons. The number of anilines is 1. The number of morpholine rings is 1. The highest BCUT2D eigenvalue weighted by Gasteiger charge is 2.24. The molecule has 0 bridgehead atoms. The highest BCUT2D eigenvalue weighted by Crippen LogP contribution is 2.18. The molecule has 0 aliphatic carbocycles. The summed E-state index contributed by atoms with van der Waals surface area (Å²) >= 11 is 5.63. The van der Waals surface area contributed by atoms with E-state index in [1.165, 1.54) is 0 Å². The predicted molar refractivity (Wildman–Crippen MR) is 110 cm³/mol. The maximum Gasteiger partial charge on any atom is 0.262 e. The Labute approximate surface area is 165 Å². The molecule has 0 unspecified atom stereocenters. The summed E-state index contributed by atoms with van der Waals surface area (Å²) in [6.07, 6.45) is 0.329. The van der Waals surface area contributed by atoms with Gasteiger partial charge in [-0.2, -0.15) is 0 Å². The van der Waals surface area contributed by atoms with Crippen LogP contribution in [0.2, 0.25) is 0 Å². The molecule has 1 amide bonds. The molecule has 1 fully saturated rings. The van der Waals surface area contributed by atoms with Gasteiger partial charge in [0.05, 0.1) is 12.2 Å². The smallest absolute Gasteiger partial charge is 0.262 e. The van der Waals surface area contributed by atoms with Crippen LogP contribution in [-0.2, 0) is 9.53 Å². The Balaban J connectivity index is 1.52. The average molecular weight is 385 g/mol. The third-order valence-electron chi connectivity index (χ3n) is 4.24. The summed E-state index contributed by atoms with van der Waals surface area (Å²) in [6.45, 7) is 5.66. The van der Waals surface area contributed by atoms with Crippen molar-refractivity contribution < 1.29 is 14.3 Å². The van der Waals surface area contributed by atoms with E-state index < -0.39 is 0 Å². The van der Waals surface area contributed by atoms with E-state index in [-0.39, 0.29) is 24.7 Å². The Bertz CT molecular complexity index is 770. The molecule has 2 aromatic carbocycles. The van der Waals surface area contributed by atoms with Crippen molar-refractivity contribution in [3.05, 3.63) is 60.2 Å². The summed E-state index contributed by atoms with van der Waals surface area (Å²) < 4.78 is 11.3. The second-order valence-electron chi connectivity index (χ2n) is 6.69. The number of hydrogen-bond acceptors (Lipinski definition) is 4. The minimum Gasteiger partial charge on any atom is -0.484 e. The number of carbonyl (C=O) groups excluding carboxylic acids is 1. The van der Waals surface area contributed by atoms with Crippen molar-refractivity contribution in [2.24, 2.45) is 0 Å². The molecular formula is C21H24N2O3S. The van der Waals surface area contributed by atoms with Crippen molar-refractivity contribution in [2.75, 3.05) is 25.0 Å². The molecule has 1 N–H and O–H groups in total. The van der Waals surface area contributed by atoms with Crippen LogP contribution in [0.5, 0.6) is 5.75 Å². The summed E-state index contributed by atoms with van der Waals surface area (Å²) in [6, 6.07) is 16.8. The van der Waals surface area contributed by atoms with Gasteiger partial charge in [0.1, 0.15) is 10.7 Å². The minimum atomic E-state index is -0.197. The van der Waals surface area contributed by atoms with Gasteiger partial charge in [0.25, 0.3) is 5.91 Å². The highest BCUT2D eigenvalue weighted by molar-refractivity contribution is 7.80. The Hall–Kier alpha value is -2.44. The summed E-state index contributed by atoms with van der Waals surface area (Å²) in [5.74, 6) is 0.436. The molecule has 5 nitrogen and oxygen atoms in total. The van der Waals surface area contributed by atoms with Gasteiger partial charge in [0, 0.05) is 24.3 Å². The summed E-state index contributed by atoms with van der Waals surface area (Å²) in [5, 5.41) is 2.79. The minimum absolute atomic E-state index is 0.0445. The molecule has 1 heterocycles. The molecule has 6 heteroatoms. The molecule has 27 heavy (non-hydrogen) atoms. The molecule has 1 saturated heterocycles. The van der Waals surface area contributed by atoms with Crippen LogP contribution in [0.15, 0.2) is 54.6 Å². The van der Waals surface area contributed by atoms with Crippen molar-refractivity contribution in [1.29, 1.82) is 0 Å². The SMILES string of the molecule is C[C@@H]1CN(C(=S)c2ccc(OCC(=O)Nc3ccccc3)cc2)C[C@H](C)O1. The standard InChI is InChI=1S/C21H24N2O3S/c1-15-12-23(13-16(2)26-15)21(27)17-8-10-19(11-9-17)25-14-20(24)22-18-6-4-3-5-7-18/h3-11,15-16H,12-14H2,1-2H3,(H,22,24)/t15-,16+. The number of benzene rings is 2. The number of rotatable bonds is 5. The van der Waals surface area contributed by atoms with E-state index in [9.17, 15) is 4.79 Å². The van der Waals surface area contributed by atoms with E-state index in [1.54, 1.807) is 0 Å². The molecule has 0 saturated carbocycles. The molecule has 0 aromatic heterocycles. The molecule has 2 aromatic rings. The Morgan fingerprint density at radius 2 is 1.74 bits per heavy atom. The lowest BCUT2D eigenvalue weighted by atomic mass is 10.1. The van der Waals surface area contributed by atoms with Crippen molar-refractivity contribution in [3.8, 4) is 5.75 Å². The van der Waals surface area contributed by atoms with Crippen LogP contribution in [0.25, 0.3) is 0 Å². The van der Waals surface area contributed by atoms with Gasteiger partial charge in [-0.15, -0.1) is 0 Å². The second-order valence-corrected chi connectivity index (χ2v) is 7.08. The fraction of sp³-hybridized carbons (Fsp3) is 0.333. The van der Waals surface area contributed by atoms with E-state index in [0.29, 0.717) is 5.75 Å². The first-order chi connectivity index (χ1) is 13.0. The van der Waals surface area contributed by atoms with E-state index in [4.69, 9.17) is 21.7 Å². The van der Waals surface area contributed by atoms with Gasteiger partial charge >= 0.3 is 0 Å². The third kappa shape index (κ3) is 5.52. The van der Waals surface area contributed by atoms with Gasteiger partial charge in [-0.3, -0.25) is 4.79 Å². The lowest BCUT2D eigenvalue weighted by molar-refractivity contribution is -0.118. The normalized spacial score (nSPS) is 19.4. The van der Waals surface area contributed by atoms with Crippen LogP contribution < -0.4 is 10.1 Å². The highest BCUT2D eigenvalue weighted by atomic mass is 32.1. The summed E-state index contributed by atoms with van der Waals surface area (Å²) in [4.78, 5) is 14.9. The average Bonchev–Trinajstić information content (AvgIpc) is 2.66. The third-order valence-corrected chi connectivity index (χ3v) is 4.73.